The van der Waals surface area contributed by atoms with E-state index in [1.54, 1.807) is 23.0 Å². The summed E-state index contributed by atoms with van der Waals surface area (Å²) in [7, 11) is 0. The third-order valence-electron chi connectivity index (χ3n) is 3.78. The predicted molar refractivity (Wildman–Crippen MR) is 95.4 cm³/mol. The van der Waals surface area contributed by atoms with Crippen LogP contribution in [0.2, 0.25) is 5.28 Å². The van der Waals surface area contributed by atoms with E-state index >= 15 is 0 Å². The van der Waals surface area contributed by atoms with Crippen LogP contribution in [0.15, 0.2) is 60.8 Å². The summed E-state index contributed by atoms with van der Waals surface area (Å²) in [6, 6.07) is 16.0. The van der Waals surface area contributed by atoms with Crippen LogP contribution in [0.25, 0.3) is 16.7 Å². The molecule has 0 aliphatic carbocycles. The number of benzene rings is 2. The number of para-hydroxylation sites is 1. The van der Waals surface area contributed by atoms with Crippen LogP contribution in [0.5, 0.6) is 0 Å². The SMILES string of the molecule is Fc1ccc(CNc2nc(Cl)nc3c2cnn3-c2ccccc2)cc1. The standard InChI is InChI=1S/C18H13ClFN5/c19-18-23-16(21-10-12-6-8-13(20)9-7-12)15-11-22-25(17(15)24-18)14-4-2-1-3-5-14/h1-9,11H,10H2,(H,21,23,24). The smallest absolute Gasteiger partial charge is 0.226 e. The summed E-state index contributed by atoms with van der Waals surface area (Å²) >= 11 is 6.09. The minimum atomic E-state index is -0.264. The average molecular weight is 354 g/mol. The molecule has 1 N–H and O–H groups in total. The van der Waals surface area contributed by atoms with Gasteiger partial charge in [0, 0.05) is 6.54 Å². The van der Waals surface area contributed by atoms with Gasteiger partial charge in [0.1, 0.15) is 11.6 Å². The van der Waals surface area contributed by atoms with E-state index in [2.05, 4.69) is 20.4 Å². The van der Waals surface area contributed by atoms with E-state index in [-0.39, 0.29) is 11.1 Å². The van der Waals surface area contributed by atoms with Crippen LogP contribution in [0.1, 0.15) is 5.56 Å². The number of anilines is 1. The molecule has 0 spiro atoms. The Bertz CT molecular complexity index is 1020. The molecule has 4 rings (SSSR count). The van der Waals surface area contributed by atoms with E-state index in [0.29, 0.717) is 18.0 Å². The van der Waals surface area contributed by atoms with Gasteiger partial charge < -0.3 is 5.32 Å². The van der Waals surface area contributed by atoms with Crippen molar-refractivity contribution >= 4 is 28.5 Å². The summed E-state index contributed by atoms with van der Waals surface area (Å²) in [5.41, 5.74) is 2.43. The molecule has 2 heterocycles. The molecule has 5 nitrogen and oxygen atoms in total. The molecule has 124 valence electrons. The Morgan fingerprint density at radius 3 is 2.52 bits per heavy atom. The molecule has 7 heteroatoms. The molecule has 0 unspecified atom stereocenters. The van der Waals surface area contributed by atoms with E-state index in [1.165, 1.54) is 12.1 Å². The molecule has 0 saturated carbocycles. The number of nitrogens with one attached hydrogen (secondary N) is 1. The second-order valence-corrected chi connectivity index (χ2v) is 5.79. The Kier molecular flexibility index (Phi) is 4.03. The van der Waals surface area contributed by atoms with E-state index in [4.69, 9.17) is 11.6 Å². The van der Waals surface area contributed by atoms with Crippen molar-refractivity contribution in [2.24, 2.45) is 0 Å². The minimum absolute atomic E-state index is 0.131. The third kappa shape index (κ3) is 3.16. The van der Waals surface area contributed by atoms with E-state index < -0.39 is 0 Å². The fraction of sp³-hybridized carbons (Fsp3) is 0.0556. The largest absolute Gasteiger partial charge is 0.365 e. The molecule has 0 bridgehead atoms. The highest BCUT2D eigenvalue weighted by molar-refractivity contribution is 6.28. The van der Waals surface area contributed by atoms with Gasteiger partial charge in [-0.2, -0.15) is 15.1 Å². The van der Waals surface area contributed by atoms with Crippen molar-refractivity contribution in [3.63, 3.8) is 0 Å². The van der Waals surface area contributed by atoms with Crippen LogP contribution >= 0.6 is 11.6 Å². The normalized spacial score (nSPS) is 11.0. The van der Waals surface area contributed by atoms with Crippen LogP contribution in [0, 0.1) is 5.82 Å². The lowest BCUT2D eigenvalue weighted by Crippen LogP contribution is -2.04. The van der Waals surface area contributed by atoms with Gasteiger partial charge in [-0.25, -0.2) is 9.07 Å². The number of halogens is 2. The summed E-state index contributed by atoms with van der Waals surface area (Å²) in [5.74, 6) is 0.321. The second kappa shape index (κ2) is 6.49. The summed E-state index contributed by atoms with van der Waals surface area (Å²) < 4.78 is 14.7. The maximum Gasteiger partial charge on any atom is 0.226 e. The highest BCUT2D eigenvalue weighted by Gasteiger charge is 2.13. The average Bonchev–Trinajstić information content (AvgIpc) is 3.05. The molecular formula is C18H13ClFN5. The van der Waals surface area contributed by atoms with Crippen molar-refractivity contribution in [3.05, 3.63) is 77.5 Å². The quantitative estimate of drug-likeness (QED) is 0.558. The molecule has 0 aliphatic rings. The van der Waals surface area contributed by atoms with Gasteiger partial charge in [-0.15, -0.1) is 0 Å². The maximum atomic E-state index is 13.0. The topological polar surface area (TPSA) is 55.6 Å². The van der Waals surface area contributed by atoms with Crippen molar-refractivity contribution in [2.75, 3.05) is 5.32 Å². The van der Waals surface area contributed by atoms with Crippen molar-refractivity contribution in [3.8, 4) is 5.69 Å². The lowest BCUT2D eigenvalue weighted by molar-refractivity contribution is 0.627. The number of hydrogen-bond acceptors (Lipinski definition) is 4. The first kappa shape index (κ1) is 15.5. The molecule has 2 aromatic carbocycles. The fourth-order valence-corrected chi connectivity index (χ4v) is 2.73. The van der Waals surface area contributed by atoms with Crippen LogP contribution in [-0.2, 0) is 6.54 Å². The number of rotatable bonds is 4. The molecule has 2 aromatic heterocycles. The zero-order chi connectivity index (χ0) is 17.2. The first-order valence-corrected chi connectivity index (χ1v) is 8.03. The van der Waals surface area contributed by atoms with Crippen molar-refractivity contribution in [1.82, 2.24) is 19.7 Å². The Hall–Kier alpha value is -2.99. The van der Waals surface area contributed by atoms with Gasteiger partial charge >= 0.3 is 0 Å². The van der Waals surface area contributed by atoms with Crippen molar-refractivity contribution in [1.29, 1.82) is 0 Å². The Balaban J connectivity index is 1.70. The number of aromatic nitrogens is 4. The van der Waals surface area contributed by atoms with Crippen molar-refractivity contribution < 1.29 is 4.39 Å². The molecule has 0 amide bonds. The number of hydrogen-bond donors (Lipinski definition) is 1. The van der Waals surface area contributed by atoms with Gasteiger partial charge in [0.15, 0.2) is 5.65 Å². The Morgan fingerprint density at radius 2 is 1.76 bits per heavy atom. The van der Waals surface area contributed by atoms with Gasteiger partial charge in [0.25, 0.3) is 0 Å². The molecule has 25 heavy (non-hydrogen) atoms. The fourth-order valence-electron chi connectivity index (χ4n) is 2.56. The van der Waals surface area contributed by atoms with Gasteiger partial charge in [-0.1, -0.05) is 30.3 Å². The summed E-state index contributed by atoms with van der Waals surface area (Å²) in [6.07, 6.45) is 1.70. The third-order valence-corrected chi connectivity index (χ3v) is 3.94. The van der Waals surface area contributed by atoms with Crippen LogP contribution in [0.4, 0.5) is 10.2 Å². The summed E-state index contributed by atoms with van der Waals surface area (Å²) in [5, 5.41) is 8.51. The zero-order valence-electron chi connectivity index (χ0n) is 13.0. The first-order chi connectivity index (χ1) is 12.2. The lowest BCUT2D eigenvalue weighted by atomic mass is 10.2. The second-order valence-electron chi connectivity index (χ2n) is 5.45. The van der Waals surface area contributed by atoms with Crippen LogP contribution in [-0.4, -0.2) is 19.7 Å². The predicted octanol–water partition coefficient (Wildman–Crippen LogP) is 4.22. The number of nitrogens with zero attached hydrogens (tertiary/aromatic N) is 4. The highest BCUT2D eigenvalue weighted by atomic mass is 35.5. The van der Waals surface area contributed by atoms with E-state index in [9.17, 15) is 4.39 Å². The Morgan fingerprint density at radius 1 is 1.00 bits per heavy atom. The van der Waals surface area contributed by atoms with Gasteiger partial charge in [0.05, 0.1) is 17.3 Å². The van der Waals surface area contributed by atoms with Crippen LogP contribution < -0.4 is 5.32 Å². The van der Waals surface area contributed by atoms with Crippen LogP contribution in [0.3, 0.4) is 0 Å². The zero-order valence-corrected chi connectivity index (χ0v) is 13.8. The Labute approximate surface area is 148 Å². The lowest BCUT2D eigenvalue weighted by Gasteiger charge is -2.08. The number of fused-ring (bicyclic) bond motifs is 1. The monoisotopic (exact) mass is 353 g/mol. The molecule has 0 saturated heterocycles. The molecular weight excluding hydrogens is 341 g/mol. The van der Waals surface area contributed by atoms with Gasteiger partial charge in [0.2, 0.25) is 5.28 Å². The van der Waals surface area contributed by atoms with Gasteiger partial charge in [-0.05, 0) is 41.4 Å². The first-order valence-electron chi connectivity index (χ1n) is 7.66. The molecule has 0 radical (unpaired) electrons. The van der Waals surface area contributed by atoms with Gasteiger partial charge in [-0.3, -0.25) is 0 Å². The minimum Gasteiger partial charge on any atom is -0.365 e. The summed E-state index contributed by atoms with van der Waals surface area (Å²) in [4.78, 5) is 8.56. The van der Waals surface area contributed by atoms with E-state index in [0.717, 1.165) is 16.6 Å². The maximum absolute atomic E-state index is 13.0. The molecule has 0 atom stereocenters. The molecule has 0 fully saturated rings. The van der Waals surface area contributed by atoms with E-state index in [1.807, 2.05) is 30.3 Å². The molecule has 4 aromatic rings. The molecule has 0 aliphatic heterocycles. The van der Waals surface area contributed by atoms with Crippen molar-refractivity contribution in [2.45, 2.75) is 6.54 Å². The highest BCUT2D eigenvalue weighted by Crippen LogP contribution is 2.24. The summed E-state index contributed by atoms with van der Waals surface area (Å²) in [6.45, 7) is 0.485.